The highest BCUT2D eigenvalue weighted by molar-refractivity contribution is 6.07. The molecule has 4 heterocycles. The minimum Gasteiger partial charge on any atom is -0.542 e. The fourth-order valence-corrected chi connectivity index (χ4v) is 3.44. The molecule has 0 bridgehead atoms. The molecule has 3 N–H and O–H groups in total. The van der Waals surface area contributed by atoms with Gasteiger partial charge in [-0.2, -0.15) is 17.6 Å². The number of pyridine rings is 3. The number of nitrogens with zero attached hydrogens (tertiary/aromatic N) is 2. The summed E-state index contributed by atoms with van der Waals surface area (Å²) in [6.07, 6.45) is 3.91. The number of anilines is 1. The molecule has 1 amide bonds. The van der Waals surface area contributed by atoms with Crippen LogP contribution in [0.4, 0.5) is 18.9 Å². The number of nitrogens with one attached hydrogen (secondary N) is 3. The Morgan fingerprint density at radius 3 is 2.49 bits per heavy atom. The minimum atomic E-state index is -5.19. The normalized spacial score (nSPS) is 11.1. The number of hydrogen-bond donors (Lipinski definition) is 2. The van der Waals surface area contributed by atoms with Gasteiger partial charge in [-0.3, -0.25) is 9.78 Å². The van der Waals surface area contributed by atoms with Crippen molar-refractivity contribution in [3.8, 4) is 11.3 Å². The lowest BCUT2D eigenvalue weighted by atomic mass is 10.1. The quantitative estimate of drug-likeness (QED) is 0.386. The molecule has 0 aliphatic heterocycles. The molecule has 0 aliphatic rings. The molecule has 0 aliphatic carbocycles. The first-order valence-corrected chi connectivity index (χ1v) is 10.2. The average molecular weight is 480 g/mol. The zero-order valence-corrected chi connectivity index (χ0v) is 17.8. The first kappa shape index (κ1) is 23.4. The van der Waals surface area contributed by atoms with Crippen LogP contribution in [-0.2, 0) is 4.79 Å². The first-order valence-electron chi connectivity index (χ1n) is 10.2. The molecule has 0 saturated carbocycles. The van der Waals surface area contributed by atoms with E-state index in [0.29, 0.717) is 5.82 Å². The van der Waals surface area contributed by atoms with Gasteiger partial charge in [-0.25, -0.2) is 9.97 Å². The second-order valence-electron chi connectivity index (χ2n) is 7.23. The molecular weight excluding hydrogens is 463 g/mol. The van der Waals surface area contributed by atoms with Gasteiger partial charge >= 0.3 is 17.9 Å². The number of rotatable bonds is 3. The lowest BCUT2D eigenvalue weighted by molar-refractivity contribution is -0.513. The van der Waals surface area contributed by atoms with Gasteiger partial charge in [-0.15, -0.1) is 0 Å². The van der Waals surface area contributed by atoms with Gasteiger partial charge in [-0.1, -0.05) is 12.1 Å². The Labute approximate surface area is 195 Å². The van der Waals surface area contributed by atoms with Gasteiger partial charge < -0.3 is 15.2 Å². The molecule has 176 valence electrons. The molecule has 1 aromatic carbocycles. The molecule has 0 saturated heterocycles. The number of carboxylic acids is 1. The number of halogens is 3. The summed E-state index contributed by atoms with van der Waals surface area (Å²) >= 11 is 0. The Bertz CT molecular complexity index is 1510. The van der Waals surface area contributed by atoms with Crippen LogP contribution < -0.4 is 19.8 Å². The number of carbonyl (C=O) groups excluding carboxylic acids is 2. The van der Waals surface area contributed by atoms with E-state index in [1.54, 1.807) is 12.4 Å². The van der Waals surface area contributed by atoms with Gasteiger partial charge in [0.25, 0.3) is 0 Å². The molecule has 0 atom stereocenters. The third-order valence-electron chi connectivity index (χ3n) is 4.99. The van der Waals surface area contributed by atoms with Crippen LogP contribution >= 0.6 is 0 Å². The Morgan fingerprint density at radius 2 is 1.77 bits per heavy atom. The standard InChI is InChI=1S/C22H15N5O.C2HF3O2/c28-22(25-18-5-3-4-16-14-24-12-9-17(16)18)21-26-20(15-7-10-23-11-8-15)19-6-1-2-13-27(19)21;3-2(4,5)1(6)7/h1-14H,(H,25,28);(H,6,7)/p+1. The molecule has 0 fully saturated rings. The van der Waals surface area contributed by atoms with Crippen LogP contribution in [0.1, 0.15) is 10.6 Å². The number of carboxylic acid groups (broad SMARTS) is 1. The third kappa shape index (κ3) is 5.08. The summed E-state index contributed by atoms with van der Waals surface area (Å²) in [5.74, 6) is -2.75. The van der Waals surface area contributed by atoms with Gasteiger partial charge in [0.15, 0.2) is 23.6 Å². The molecule has 11 heteroatoms. The van der Waals surface area contributed by atoms with Crippen molar-refractivity contribution in [1.29, 1.82) is 0 Å². The predicted octanol–water partition coefficient (Wildman–Crippen LogP) is 2.33. The largest absolute Gasteiger partial charge is 0.542 e. The Morgan fingerprint density at radius 1 is 1.03 bits per heavy atom. The van der Waals surface area contributed by atoms with Gasteiger partial charge in [0.1, 0.15) is 5.97 Å². The van der Waals surface area contributed by atoms with E-state index in [4.69, 9.17) is 9.90 Å². The van der Waals surface area contributed by atoms with E-state index in [-0.39, 0.29) is 5.91 Å². The summed E-state index contributed by atoms with van der Waals surface area (Å²) < 4.78 is 33.4. The number of aliphatic carboxylic acids is 1. The molecule has 8 nitrogen and oxygen atoms in total. The summed E-state index contributed by atoms with van der Waals surface area (Å²) in [6.45, 7) is 0. The monoisotopic (exact) mass is 480 g/mol. The van der Waals surface area contributed by atoms with Crippen LogP contribution in [0.3, 0.4) is 0 Å². The van der Waals surface area contributed by atoms with Crippen LogP contribution in [0.15, 0.2) is 85.6 Å². The molecule has 0 radical (unpaired) electrons. The first-order chi connectivity index (χ1) is 16.8. The highest BCUT2D eigenvalue weighted by Gasteiger charge is 2.29. The van der Waals surface area contributed by atoms with Gasteiger partial charge in [-0.05, 0) is 36.4 Å². The van der Waals surface area contributed by atoms with Crippen molar-refractivity contribution in [1.82, 2.24) is 9.97 Å². The van der Waals surface area contributed by atoms with Crippen molar-refractivity contribution in [2.24, 2.45) is 0 Å². The van der Waals surface area contributed by atoms with Crippen LogP contribution in [-0.4, -0.2) is 28.0 Å². The summed E-state index contributed by atoms with van der Waals surface area (Å²) in [5.41, 5.74) is 3.53. The zero-order chi connectivity index (χ0) is 25.0. The van der Waals surface area contributed by atoms with Crippen molar-refractivity contribution < 1.29 is 37.3 Å². The highest BCUT2D eigenvalue weighted by atomic mass is 19.4. The topological polar surface area (TPSA) is 116 Å². The molecule has 35 heavy (non-hydrogen) atoms. The Hall–Kier alpha value is -4.80. The van der Waals surface area contributed by atoms with Crippen molar-refractivity contribution in [2.75, 3.05) is 5.32 Å². The third-order valence-corrected chi connectivity index (χ3v) is 4.99. The number of benzene rings is 1. The number of aromatic amines is 2. The van der Waals surface area contributed by atoms with Crippen LogP contribution in [0, 0.1) is 0 Å². The lowest BCUT2D eigenvalue weighted by Gasteiger charge is -2.04. The van der Waals surface area contributed by atoms with Crippen molar-refractivity contribution in [2.45, 2.75) is 6.18 Å². The van der Waals surface area contributed by atoms with E-state index < -0.39 is 12.1 Å². The van der Waals surface area contributed by atoms with Crippen molar-refractivity contribution in [3.63, 3.8) is 0 Å². The molecule has 0 unspecified atom stereocenters. The fraction of sp³-hybridized carbons (Fsp3) is 0.0417. The van der Waals surface area contributed by atoms with Gasteiger partial charge in [0, 0.05) is 40.5 Å². The van der Waals surface area contributed by atoms with Gasteiger partial charge in [0.05, 0.1) is 6.20 Å². The van der Waals surface area contributed by atoms with Crippen molar-refractivity contribution in [3.05, 3.63) is 91.4 Å². The number of carbonyl (C=O) groups is 2. The summed E-state index contributed by atoms with van der Waals surface area (Å²) in [6, 6.07) is 17.5. The number of amides is 1. The maximum Gasteiger partial charge on any atom is 0.430 e. The smallest absolute Gasteiger partial charge is 0.430 e. The molecule has 4 aromatic heterocycles. The van der Waals surface area contributed by atoms with E-state index in [1.165, 1.54) is 0 Å². The fourth-order valence-electron chi connectivity index (χ4n) is 3.44. The second-order valence-corrected chi connectivity index (χ2v) is 7.23. The zero-order valence-electron chi connectivity index (χ0n) is 17.8. The number of hydrogen-bond acceptors (Lipinski definition) is 4. The molecule has 0 spiro atoms. The number of H-pyrrole nitrogens is 2. The molecular formula is C24H17F3N5O3+. The predicted molar refractivity (Wildman–Crippen MR) is 117 cm³/mol. The maximum atomic E-state index is 13.1. The van der Waals surface area contributed by atoms with E-state index in [2.05, 4.69) is 20.3 Å². The minimum absolute atomic E-state index is 0.207. The summed E-state index contributed by atoms with van der Waals surface area (Å²) in [7, 11) is 0. The summed E-state index contributed by atoms with van der Waals surface area (Å²) in [5, 5.41) is 13.8. The Balaban J connectivity index is 0.000000364. The van der Waals surface area contributed by atoms with Crippen LogP contribution in [0.5, 0.6) is 0 Å². The second kappa shape index (κ2) is 9.59. The van der Waals surface area contributed by atoms with Crippen LogP contribution in [0.25, 0.3) is 27.5 Å². The maximum absolute atomic E-state index is 13.1. The number of aromatic nitrogens is 4. The highest BCUT2D eigenvalue weighted by Crippen LogP contribution is 2.24. The Kier molecular flexibility index (Phi) is 6.40. The SMILES string of the molecule is O=C(Nc1cccc2c[nH+]ccc12)c1[nH]c(-c2ccncc2)c2cccc[n+]12.O=C([O-])C(F)(F)F. The van der Waals surface area contributed by atoms with Gasteiger partial charge in [0.2, 0.25) is 0 Å². The van der Waals surface area contributed by atoms with E-state index in [1.807, 2.05) is 77.6 Å². The average Bonchev–Trinajstić information content (AvgIpc) is 3.25. The van der Waals surface area contributed by atoms with Crippen molar-refractivity contribution >= 4 is 33.9 Å². The number of imidazole rings is 1. The van der Waals surface area contributed by atoms with E-state index >= 15 is 0 Å². The van der Waals surface area contributed by atoms with Crippen LogP contribution in [0.2, 0.25) is 0 Å². The number of fused-ring (bicyclic) bond motifs is 2. The van der Waals surface area contributed by atoms with E-state index in [0.717, 1.165) is 33.2 Å². The lowest BCUT2D eigenvalue weighted by Crippen LogP contribution is -2.37. The summed E-state index contributed by atoms with van der Waals surface area (Å²) in [4.78, 5) is 32.3. The molecule has 5 rings (SSSR count). The van der Waals surface area contributed by atoms with E-state index in [9.17, 15) is 18.0 Å². The number of alkyl halides is 3. The molecule has 5 aromatic rings.